The Kier molecular flexibility index (Phi) is 3.69. The predicted molar refractivity (Wildman–Crippen MR) is 66.3 cm³/mol. The Morgan fingerprint density at radius 3 is 3.12 bits per heavy atom. The number of rotatable bonds is 3. The minimum Gasteiger partial charge on any atom is -0.396 e. The minimum atomic E-state index is -0.310. The van der Waals surface area contributed by atoms with Crippen molar-refractivity contribution in [1.29, 1.82) is 0 Å². The molecule has 1 fully saturated rings. The van der Waals surface area contributed by atoms with Gasteiger partial charge in [0.2, 0.25) is 0 Å². The van der Waals surface area contributed by atoms with E-state index in [9.17, 15) is 9.90 Å². The van der Waals surface area contributed by atoms with E-state index in [2.05, 4.69) is 10.4 Å². The van der Waals surface area contributed by atoms with Gasteiger partial charge in [0, 0.05) is 25.6 Å². The second-order valence-electron chi connectivity index (χ2n) is 4.43. The molecule has 5 nitrogen and oxygen atoms in total. The lowest BCUT2D eigenvalue weighted by Crippen LogP contribution is -2.28. The van der Waals surface area contributed by atoms with Crippen LogP contribution in [0.25, 0.3) is 0 Å². The number of halogens is 1. The van der Waals surface area contributed by atoms with Gasteiger partial charge in [-0.15, -0.1) is 0 Å². The average molecular weight is 258 g/mol. The molecule has 6 heteroatoms. The van der Waals surface area contributed by atoms with Crippen LogP contribution in [-0.4, -0.2) is 27.5 Å². The fourth-order valence-electron chi connectivity index (χ4n) is 2.26. The van der Waals surface area contributed by atoms with Crippen molar-refractivity contribution in [2.75, 3.05) is 11.9 Å². The average Bonchev–Trinajstić information content (AvgIpc) is 2.77. The van der Waals surface area contributed by atoms with Crippen molar-refractivity contribution in [2.24, 2.45) is 13.0 Å². The molecule has 0 bridgehead atoms. The zero-order valence-corrected chi connectivity index (χ0v) is 10.4. The number of aromatic nitrogens is 2. The third kappa shape index (κ3) is 2.45. The maximum Gasteiger partial charge on any atom is 0.287 e. The minimum absolute atomic E-state index is 0.158. The van der Waals surface area contributed by atoms with Gasteiger partial charge < -0.3 is 10.4 Å². The maximum absolute atomic E-state index is 11.6. The summed E-state index contributed by atoms with van der Waals surface area (Å²) in [5.74, 6) is 0.232. The van der Waals surface area contributed by atoms with E-state index in [1.165, 1.54) is 4.68 Å². The highest BCUT2D eigenvalue weighted by Crippen LogP contribution is 2.29. The number of nitrogens with zero attached hydrogens (tertiary/aromatic N) is 2. The van der Waals surface area contributed by atoms with Crippen LogP contribution >= 0.6 is 11.6 Å². The van der Waals surface area contributed by atoms with Crippen molar-refractivity contribution < 1.29 is 5.11 Å². The van der Waals surface area contributed by atoms with Crippen LogP contribution in [0.15, 0.2) is 11.0 Å². The molecular weight excluding hydrogens is 242 g/mol. The molecule has 2 rings (SSSR count). The summed E-state index contributed by atoms with van der Waals surface area (Å²) < 4.78 is 1.20. The summed E-state index contributed by atoms with van der Waals surface area (Å²) in [6, 6.07) is 0.173. The quantitative estimate of drug-likeness (QED) is 0.848. The zero-order chi connectivity index (χ0) is 12.4. The van der Waals surface area contributed by atoms with E-state index < -0.39 is 0 Å². The first kappa shape index (κ1) is 12.4. The molecule has 2 unspecified atom stereocenters. The van der Waals surface area contributed by atoms with Gasteiger partial charge in [-0.2, -0.15) is 5.10 Å². The lowest BCUT2D eigenvalue weighted by molar-refractivity contribution is 0.222. The summed E-state index contributed by atoms with van der Waals surface area (Å²) in [7, 11) is 1.56. The maximum atomic E-state index is 11.6. The summed E-state index contributed by atoms with van der Waals surface area (Å²) in [4.78, 5) is 11.6. The largest absolute Gasteiger partial charge is 0.396 e. The van der Waals surface area contributed by atoms with E-state index >= 15 is 0 Å². The normalized spacial score (nSPS) is 23.9. The van der Waals surface area contributed by atoms with Crippen molar-refractivity contribution >= 4 is 17.3 Å². The molecule has 1 aromatic rings. The molecular formula is C11H16ClN3O2. The first-order chi connectivity index (χ1) is 8.13. The lowest BCUT2D eigenvalue weighted by Gasteiger charge is -2.20. The number of aliphatic hydroxyl groups excluding tert-OH is 1. The van der Waals surface area contributed by atoms with Gasteiger partial charge in [-0.1, -0.05) is 18.0 Å². The van der Waals surface area contributed by atoms with E-state index in [0.29, 0.717) is 5.69 Å². The second-order valence-corrected chi connectivity index (χ2v) is 4.80. The van der Waals surface area contributed by atoms with E-state index in [1.54, 1.807) is 13.2 Å². The SMILES string of the molecule is Cn1ncc(NC2CCCC2CO)c(Cl)c1=O. The Hall–Kier alpha value is -1.07. The van der Waals surface area contributed by atoms with Gasteiger partial charge in [-0.3, -0.25) is 4.79 Å². The molecule has 94 valence electrons. The topological polar surface area (TPSA) is 67.2 Å². The number of aryl methyl sites for hydroxylation is 1. The van der Waals surface area contributed by atoms with Crippen LogP contribution in [-0.2, 0) is 7.05 Å². The van der Waals surface area contributed by atoms with E-state index in [1.807, 2.05) is 0 Å². The molecule has 0 aromatic carbocycles. The van der Waals surface area contributed by atoms with Crippen molar-refractivity contribution in [3.63, 3.8) is 0 Å². The van der Waals surface area contributed by atoms with Crippen molar-refractivity contribution in [2.45, 2.75) is 25.3 Å². The van der Waals surface area contributed by atoms with E-state index in [4.69, 9.17) is 11.6 Å². The van der Waals surface area contributed by atoms with Gasteiger partial charge in [0.25, 0.3) is 5.56 Å². The van der Waals surface area contributed by atoms with Gasteiger partial charge >= 0.3 is 0 Å². The van der Waals surface area contributed by atoms with Gasteiger partial charge in [0.1, 0.15) is 5.02 Å². The van der Waals surface area contributed by atoms with E-state index in [0.717, 1.165) is 19.3 Å². The summed E-state index contributed by atoms with van der Waals surface area (Å²) >= 11 is 5.97. The second kappa shape index (κ2) is 5.06. The fourth-order valence-corrected chi connectivity index (χ4v) is 2.48. The molecule has 17 heavy (non-hydrogen) atoms. The van der Waals surface area contributed by atoms with Crippen LogP contribution in [0.4, 0.5) is 5.69 Å². The molecule has 2 atom stereocenters. The van der Waals surface area contributed by atoms with Crippen LogP contribution in [0.1, 0.15) is 19.3 Å². The Morgan fingerprint density at radius 1 is 1.65 bits per heavy atom. The van der Waals surface area contributed by atoms with Crippen molar-refractivity contribution in [1.82, 2.24) is 9.78 Å². The smallest absolute Gasteiger partial charge is 0.287 e. The number of hydrogen-bond donors (Lipinski definition) is 2. The van der Waals surface area contributed by atoms with Crippen LogP contribution in [0, 0.1) is 5.92 Å². The van der Waals surface area contributed by atoms with Crippen molar-refractivity contribution in [3.05, 3.63) is 21.6 Å². The van der Waals surface area contributed by atoms with Crippen molar-refractivity contribution in [3.8, 4) is 0 Å². The highest BCUT2D eigenvalue weighted by molar-refractivity contribution is 6.32. The van der Waals surface area contributed by atoms with Crippen LogP contribution < -0.4 is 10.9 Å². The Labute approximate surface area is 104 Å². The molecule has 2 N–H and O–H groups in total. The molecule has 0 aliphatic heterocycles. The first-order valence-corrected chi connectivity index (χ1v) is 6.10. The zero-order valence-electron chi connectivity index (χ0n) is 9.69. The van der Waals surface area contributed by atoms with Gasteiger partial charge in [-0.25, -0.2) is 4.68 Å². The third-order valence-electron chi connectivity index (χ3n) is 3.31. The Morgan fingerprint density at radius 2 is 2.41 bits per heavy atom. The Bertz CT molecular complexity index is 461. The van der Waals surface area contributed by atoms with Crippen LogP contribution in [0.5, 0.6) is 0 Å². The highest BCUT2D eigenvalue weighted by atomic mass is 35.5. The molecule has 1 saturated carbocycles. The van der Waals surface area contributed by atoms with Crippen LogP contribution in [0.2, 0.25) is 5.02 Å². The molecule has 1 aromatic heterocycles. The molecule has 0 saturated heterocycles. The van der Waals surface area contributed by atoms with Gasteiger partial charge in [0.15, 0.2) is 0 Å². The standard InChI is InChI=1S/C11H16ClN3O2/c1-15-11(17)10(12)9(5-13-15)14-8-4-2-3-7(8)6-16/h5,7-8,14,16H,2-4,6H2,1H3. The third-order valence-corrected chi connectivity index (χ3v) is 3.68. The number of anilines is 1. The number of aliphatic hydroxyl groups is 1. The predicted octanol–water partition coefficient (Wildman–Crippen LogP) is 1.01. The fraction of sp³-hybridized carbons (Fsp3) is 0.636. The lowest BCUT2D eigenvalue weighted by atomic mass is 10.1. The number of nitrogens with one attached hydrogen (secondary N) is 1. The summed E-state index contributed by atoms with van der Waals surface area (Å²) in [6.45, 7) is 0.160. The van der Waals surface area contributed by atoms with Gasteiger partial charge in [0.05, 0.1) is 11.9 Å². The molecule has 1 aliphatic carbocycles. The van der Waals surface area contributed by atoms with Crippen LogP contribution in [0.3, 0.4) is 0 Å². The molecule has 0 spiro atoms. The molecule has 1 aliphatic rings. The summed E-state index contributed by atoms with van der Waals surface area (Å²) in [5.41, 5.74) is 0.246. The molecule has 0 amide bonds. The first-order valence-electron chi connectivity index (χ1n) is 5.72. The summed E-state index contributed by atoms with van der Waals surface area (Å²) in [6.07, 6.45) is 4.62. The Balaban J connectivity index is 2.19. The number of hydrogen-bond acceptors (Lipinski definition) is 4. The molecule has 1 heterocycles. The van der Waals surface area contributed by atoms with Gasteiger partial charge in [-0.05, 0) is 12.8 Å². The van der Waals surface area contributed by atoms with E-state index in [-0.39, 0.29) is 29.1 Å². The summed E-state index contributed by atoms with van der Waals surface area (Å²) in [5, 5.41) is 16.5. The molecule has 0 radical (unpaired) electrons. The highest BCUT2D eigenvalue weighted by Gasteiger charge is 2.27. The monoisotopic (exact) mass is 257 g/mol.